The van der Waals surface area contributed by atoms with Crippen LogP contribution in [-0.2, 0) is 0 Å². The van der Waals surface area contributed by atoms with Crippen molar-refractivity contribution in [2.75, 3.05) is 5.73 Å². The standard InChI is InChI=1S/C12H10N2O/c1-8-2-3-9(14)6-11(8)12-5-4-10(7-13)15-12/h2-6H,14H2,1H3. The summed E-state index contributed by atoms with van der Waals surface area (Å²) in [6.45, 7) is 1.98. The molecule has 0 aliphatic heterocycles. The number of nitrogens with zero attached hydrogens (tertiary/aromatic N) is 1. The highest BCUT2D eigenvalue weighted by Gasteiger charge is 2.07. The number of hydrogen-bond donors (Lipinski definition) is 1. The third kappa shape index (κ3) is 1.70. The van der Waals surface area contributed by atoms with E-state index in [0.29, 0.717) is 17.2 Å². The first kappa shape index (κ1) is 9.35. The summed E-state index contributed by atoms with van der Waals surface area (Å²) in [5.41, 5.74) is 8.38. The van der Waals surface area contributed by atoms with Crippen molar-refractivity contribution in [1.82, 2.24) is 0 Å². The summed E-state index contributed by atoms with van der Waals surface area (Å²) in [4.78, 5) is 0. The molecule has 0 saturated heterocycles. The first-order valence-electron chi connectivity index (χ1n) is 4.57. The zero-order valence-electron chi connectivity index (χ0n) is 8.32. The van der Waals surface area contributed by atoms with E-state index >= 15 is 0 Å². The zero-order chi connectivity index (χ0) is 10.8. The second kappa shape index (κ2) is 3.50. The predicted molar refractivity (Wildman–Crippen MR) is 58.0 cm³/mol. The SMILES string of the molecule is Cc1ccc(N)cc1-c1ccc(C#N)o1. The maximum absolute atomic E-state index is 8.65. The van der Waals surface area contributed by atoms with E-state index in [4.69, 9.17) is 15.4 Å². The fourth-order valence-electron chi connectivity index (χ4n) is 1.45. The van der Waals surface area contributed by atoms with Crippen LogP contribution in [0.3, 0.4) is 0 Å². The molecule has 1 aromatic heterocycles. The van der Waals surface area contributed by atoms with Gasteiger partial charge in [-0.2, -0.15) is 5.26 Å². The van der Waals surface area contributed by atoms with Crippen molar-refractivity contribution < 1.29 is 4.42 Å². The van der Waals surface area contributed by atoms with Crippen LogP contribution in [0.15, 0.2) is 34.7 Å². The Morgan fingerprint density at radius 2 is 2.07 bits per heavy atom. The molecule has 0 unspecified atom stereocenters. The number of nitrogens with two attached hydrogens (primary N) is 1. The molecule has 0 bridgehead atoms. The Hall–Kier alpha value is -2.21. The minimum Gasteiger partial charge on any atom is -0.446 e. The van der Waals surface area contributed by atoms with Crippen LogP contribution in [0, 0.1) is 18.3 Å². The van der Waals surface area contributed by atoms with Crippen molar-refractivity contribution in [1.29, 1.82) is 5.26 Å². The van der Waals surface area contributed by atoms with Crippen molar-refractivity contribution in [3.63, 3.8) is 0 Å². The molecule has 0 aliphatic carbocycles. The van der Waals surface area contributed by atoms with Crippen LogP contribution in [0.5, 0.6) is 0 Å². The highest BCUT2D eigenvalue weighted by Crippen LogP contribution is 2.27. The fourth-order valence-corrected chi connectivity index (χ4v) is 1.45. The molecule has 2 aromatic rings. The van der Waals surface area contributed by atoms with Crippen LogP contribution in [0.4, 0.5) is 5.69 Å². The van der Waals surface area contributed by atoms with Gasteiger partial charge in [-0.25, -0.2) is 0 Å². The van der Waals surface area contributed by atoms with Crippen molar-refractivity contribution in [2.45, 2.75) is 6.92 Å². The molecule has 3 nitrogen and oxygen atoms in total. The number of anilines is 1. The molecule has 0 radical (unpaired) electrons. The molecule has 0 spiro atoms. The number of hydrogen-bond acceptors (Lipinski definition) is 3. The number of nitriles is 1. The molecule has 1 aromatic carbocycles. The molecule has 1 heterocycles. The lowest BCUT2D eigenvalue weighted by atomic mass is 10.1. The summed E-state index contributed by atoms with van der Waals surface area (Å²) in [7, 11) is 0. The van der Waals surface area contributed by atoms with Gasteiger partial charge in [-0.15, -0.1) is 0 Å². The van der Waals surface area contributed by atoms with Crippen LogP contribution in [0.25, 0.3) is 11.3 Å². The number of rotatable bonds is 1. The number of nitrogen functional groups attached to an aromatic ring is 1. The molecule has 0 fully saturated rings. The number of benzene rings is 1. The van der Waals surface area contributed by atoms with E-state index in [-0.39, 0.29) is 0 Å². The molecular weight excluding hydrogens is 188 g/mol. The first-order chi connectivity index (χ1) is 7.20. The van der Waals surface area contributed by atoms with Crippen LogP contribution in [-0.4, -0.2) is 0 Å². The van der Waals surface area contributed by atoms with Gasteiger partial charge in [-0.1, -0.05) is 6.07 Å². The van der Waals surface area contributed by atoms with E-state index in [1.807, 2.05) is 31.2 Å². The van der Waals surface area contributed by atoms with Crippen molar-refractivity contribution in [3.05, 3.63) is 41.7 Å². The number of aryl methyl sites for hydroxylation is 1. The minimum absolute atomic E-state index is 0.312. The predicted octanol–water partition coefficient (Wildman–Crippen LogP) is 2.71. The highest BCUT2D eigenvalue weighted by molar-refractivity contribution is 5.67. The summed E-state index contributed by atoms with van der Waals surface area (Å²) in [6, 6.07) is 11.0. The molecule has 2 N–H and O–H groups in total. The van der Waals surface area contributed by atoms with Gasteiger partial charge >= 0.3 is 0 Å². The molecule has 15 heavy (non-hydrogen) atoms. The summed E-state index contributed by atoms with van der Waals surface area (Å²) >= 11 is 0. The molecule has 2 rings (SSSR count). The van der Waals surface area contributed by atoms with E-state index in [0.717, 1.165) is 11.1 Å². The second-order valence-electron chi connectivity index (χ2n) is 3.35. The third-order valence-corrected chi connectivity index (χ3v) is 2.24. The average Bonchev–Trinajstić information content (AvgIpc) is 2.70. The third-order valence-electron chi connectivity index (χ3n) is 2.24. The maximum atomic E-state index is 8.65. The molecule has 0 atom stereocenters. The largest absolute Gasteiger partial charge is 0.446 e. The summed E-state index contributed by atoms with van der Waals surface area (Å²) in [5, 5.41) is 8.65. The lowest BCUT2D eigenvalue weighted by Crippen LogP contribution is -1.87. The normalized spacial score (nSPS) is 9.87. The minimum atomic E-state index is 0.312. The number of furan rings is 1. The second-order valence-corrected chi connectivity index (χ2v) is 3.35. The molecule has 3 heteroatoms. The Bertz CT molecular complexity index is 535. The van der Waals surface area contributed by atoms with E-state index < -0.39 is 0 Å². The van der Waals surface area contributed by atoms with Crippen LogP contribution in [0.1, 0.15) is 11.3 Å². The molecular formula is C12H10N2O. The van der Waals surface area contributed by atoms with Gasteiger partial charge in [0.1, 0.15) is 11.8 Å². The van der Waals surface area contributed by atoms with Gasteiger partial charge in [-0.3, -0.25) is 0 Å². The van der Waals surface area contributed by atoms with Gasteiger partial charge in [0.2, 0.25) is 5.76 Å². The van der Waals surface area contributed by atoms with Gasteiger partial charge < -0.3 is 10.2 Å². The molecule has 0 aliphatic rings. The van der Waals surface area contributed by atoms with Gasteiger partial charge in [0.05, 0.1) is 0 Å². The van der Waals surface area contributed by atoms with Gasteiger partial charge in [0.25, 0.3) is 0 Å². The van der Waals surface area contributed by atoms with Gasteiger partial charge in [-0.05, 0) is 36.8 Å². The Balaban J connectivity index is 2.54. The van der Waals surface area contributed by atoms with E-state index in [2.05, 4.69) is 0 Å². The summed E-state index contributed by atoms with van der Waals surface area (Å²) < 4.78 is 5.34. The molecule has 74 valence electrons. The quantitative estimate of drug-likeness (QED) is 0.716. The monoisotopic (exact) mass is 198 g/mol. The Morgan fingerprint density at radius 3 is 2.73 bits per heavy atom. The topological polar surface area (TPSA) is 63.0 Å². The average molecular weight is 198 g/mol. The van der Waals surface area contributed by atoms with Gasteiger partial charge in [0, 0.05) is 11.3 Å². The van der Waals surface area contributed by atoms with E-state index in [9.17, 15) is 0 Å². The zero-order valence-corrected chi connectivity index (χ0v) is 8.32. The molecule has 0 saturated carbocycles. The lowest BCUT2D eigenvalue weighted by Gasteiger charge is -2.03. The summed E-state index contributed by atoms with van der Waals surface area (Å²) in [6.07, 6.45) is 0. The highest BCUT2D eigenvalue weighted by atomic mass is 16.3. The van der Waals surface area contributed by atoms with Crippen LogP contribution < -0.4 is 5.73 Å². The molecule has 0 amide bonds. The fraction of sp³-hybridized carbons (Fsp3) is 0.0833. The Kier molecular flexibility index (Phi) is 2.18. The Labute approximate surface area is 87.7 Å². The maximum Gasteiger partial charge on any atom is 0.204 e. The van der Waals surface area contributed by atoms with E-state index in [1.54, 1.807) is 12.1 Å². The van der Waals surface area contributed by atoms with Crippen molar-refractivity contribution in [2.24, 2.45) is 0 Å². The smallest absolute Gasteiger partial charge is 0.204 e. The lowest BCUT2D eigenvalue weighted by molar-refractivity contribution is 0.567. The van der Waals surface area contributed by atoms with Crippen molar-refractivity contribution in [3.8, 4) is 17.4 Å². The summed E-state index contributed by atoms with van der Waals surface area (Å²) in [5.74, 6) is 0.989. The Morgan fingerprint density at radius 1 is 1.27 bits per heavy atom. The van der Waals surface area contributed by atoms with Crippen LogP contribution in [0.2, 0.25) is 0 Å². The van der Waals surface area contributed by atoms with Crippen molar-refractivity contribution >= 4 is 5.69 Å². The first-order valence-corrected chi connectivity index (χ1v) is 4.57. The van der Waals surface area contributed by atoms with Gasteiger partial charge in [0.15, 0.2) is 0 Å². The van der Waals surface area contributed by atoms with E-state index in [1.165, 1.54) is 0 Å². The van der Waals surface area contributed by atoms with Crippen LogP contribution >= 0.6 is 0 Å².